The molecule has 1 aromatic carbocycles. The van der Waals surface area contributed by atoms with Gasteiger partial charge in [0.1, 0.15) is 11.9 Å². The molecule has 29 heavy (non-hydrogen) atoms. The normalized spacial score (nSPS) is 18.4. The van der Waals surface area contributed by atoms with E-state index in [1.54, 1.807) is 0 Å². The molecule has 0 bridgehead atoms. The van der Waals surface area contributed by atoms with Crippen molar-refractivity contribution in [3.63, 3.8) is 0 Å². The van der Waals surface area contributed by atoms with Gasteiger partial charge in [0.25, 0.3) is 5.91 Å². The predicted octanol–water partition coefficient (Wildman–Crippen LogP) is 2.49. The Bertz CT molecular complexity index is 738. The van der Waals surface area contributed by atoms with Crippen molar-refractivity contribution in [2.75, 3.05) is 13.1 Å². The van der Waals surface area contributed by atoms with E-state index in [0.717, 1.165) is 12.8 Å². The number of hydrogen-bond donors (Lipinski definition) is 2. The van der Waals surface area contributed by atoms with Gasteiger partial charge < -0.3 is 15.5 Å². The van der Waals surface area contributed by atoms with E-state index in [0.29, 0.717) is 43.8 Å². The van der Waals surface area contributed by atoms with Crippen molar-refractivity contribution in [1.29, 1.82) is 0 Å². The van der Waals surface area contributed by atoms with Crippen LogP contribution in [0.1, 0.15) is 56.3 Å². The monoisotopic (exact) mass is 403 g/mol. The van der Waals surface area contributed by atoms with E-state index in [-0.39, 0.29) is 29.7 Å². The van der Waals surface area contributed by atoms with E-state index >= 15 is 0 Å². The van der Waals surface area contributed by atoms with Gasteiger partial charge in [0.2, 0.25) is 11.8 Å². The van der Waals surface area contributed by atoms with Crippen LogP contribution in [0, 0.1) is 17.7 Å². The summed E-state index contributed by atoms with van der Waals surface area (Å²) < 4.78 is 13.1. The first kappa shape index (κ1) is 21.3. The second-order valence-electron chi connectivity index (χ2n) is 8.56. The van der Waals surface area contributed by atoms with Crippen molar-refractivity contribution in [2.45, 2.75) is 58.0 Å². The summed E-state index contributed by atoms with van der Waals surface area (Å²) in [5.41, 5.74) is 0.320. The highest BCUT2D eigenvalue weighted by molar-refractivity contribution is 5.97. The molecule has 158 valence electrons. The van der Waals surface area contributed by atoms with Crippen LogP contribution in [-0.4, -0.2) is 47.8 Å². The zero-order valence-electron chi connectivity index (χ0n) is 17.1. The Morgan fingerprint density at radius 1 is 1.07 bits per heavy atom. The molecule has 0 unspecified atom stereocenters. The Morgan fingerprint density at radius 3 is 2.24 bits per heavy atom. The van der Waals surface area contributed by atoms with Gasteiger partial charge in [-0.2, -0.15) is 0 Å². The van der Waals surface area contributed by atoms with Crippen molar-refractivity contribution >= 4 is 17.7 Å². The van der Waals surface area contributed by atoms with Crippen LogP contribution in [0.2, 0.25) is 0 Å². The second kappa shape index (κ2) is 9.37. The average Bonchev–Trinajstić information content (AvgIpc) is 3.50. The van der Waals surface area contributed by atoms with E-state index in [1.807, 2.05) is 18.7 Å². The Balaban J connectivity index is 1.64. The molecular formula is C22H30FN3O3. The number of nitrogens with one attached hydrogen (secondary N) is 2. The SMILES string of the molecule is CC(C)CC(=O)N1CCC([C@H](NC(=O)c2ccc(F)cc2)C(=O)NC2CC2)CC1. The molecule has 3 amide bonds. The van der Waals surface area contributed by atoms with Crippen LogP contribution in [0.15, 0.2) is 24.3 Å². The number of carbonyl (C=O) groups is 3. The maximum Gasteiger partial charge on any atom is 0.251 e. The quantitative estimate of drug-likeness (QED) is 0.734. The maximum atomic E-state index is 13.1. The van der Waals surface area contributed by atoms with Gasteiger partial charge >= 0.3 is 0 Å². The standard InChI is InChI=1S/C22H30FN3O3/c1-14(2)13-19(27)26-11-9-15(10-12-26)20(22(29)24-18-7-8-18)25-21(28)16-3-5-17(23)6-4-16/h3-6,14-15,18,20H,7-13H2,1-2H3,(H,24,29)(H,25,28)/t20-/m0/s1. The molecule has 2 aliphatic rings. The van der Waals surface area contributed by atoms with Crippen molar-refractivity contribution in [3.8, 4) is 0 Å². The summed E-state index contributed by atoms with van der Waals surface area (Å²) in [4.78, 5) is 39.6. The molecule has 7 heteroatoms. The van der Waals surface area contributed by atoms with E-state index in [2.05, 4.69) is 10.6 Å². The van der Waals surface area contributed by atoms with Crippen molar-refractivity contribution in [3.05, 3.63) is 35.6 Å². The van der Waals surface area contributed by atoms with Crippen molar-refractivity contribution in [2.24, 2.45) is 11.8 Å². The van der Waals surface area contributed by atoms with E-state index in [4.69, 9.17) is 0 Å². The number of halogens is 1. The largest absolute Gasteiger partial charge is 0.352 e. The Morgan fingerprint density at radius 2 is 1.69 bits per heavy atom. The molecule has 2 fully saturated rings. The molecule has 0 aromatic heterocycles. The van der Waals surface area contributed by atoms with Crippen LogP contribution < -0.4 is 10.6 Å². The van der Waals surface area contributed by atoms with Crippen molar-refractivity contribution in [1.82, 2.24) is 15.5 Å². The van der Waals surface area contributed by atoms with Gasteiger partial charge in [-0.25, -0.2) is 4.39 Å². The summed E-state index contributed by atoms with van der Waals surface area (Å²) in [5.74, 6) is -0.557. The number of carbonyl (C=O) groups excluding carboxylic acids is 3. The molecule has 1 saturated heterocycles. The van der Waals surface area contributed by atoms with Gasteiger partial charge in [0, 0.05) is 31.1 Å². The topological polar surface area (TPSA) is 78.5 Å². The Hall–Kier alpha value is -2.44. The third kappa shape index (κ3) is 6.02. The number of hydrogen-bond acceptors (Lipinski definition) is 3. The van der Waals surface area contributed by atoms with E-state index in [1.165, 1.54) is 24.3 Å². The minimum atomic E-state index is -0.657. The molecule has 2 N–H and O–H groups in total. The molecule has 0 spiro atoms. The molecule has 1 aromatic rings. The van der Waals surface area contributed by atoms with E-state index < -0.39 is 11.9 Å². The fraction of sp³-hybridized carbons (Fsp3) is 0.591. The molecule has 0 radical (unpaired) electrons. The number of benzene rings is 1. The van der Waals surface area contributed by atoms with Gasteiger partial charge in [-0.05, 0) is 61.8 Å². The molecular weight excluding hydrogens is 373 g/mol. The van der Waals surface area contributed by atoms with Crippen LogP contribution in [-0.2, 0) is 9.59 Å². The molecule has 1 atom stereocenters. The first-order chi connectivity index (χ1) is 13.8. The summed E-state index contributed by atoms with van der Waals surface area (Å²) in [6, 6.07) is 4.82. The Labute approximate surface area is 171 Å². The highest BCUT2D eigenvalue weighted by Gasteiger charge is 2.36. The number of likely N-dealkylation sites (tertiary alicyclic amines) is 1. The van der Waals surface area contributed by atoms with Crippen LogP contribution in [0.25, 0.3) is 0 Å². The highest BCUT2D eigenvalue weighted by Crippen LogP contribution is 2.24. The second-order valence-corrected chi connectivity index (χ2v) is 8.56. The third-order valence-corrected chi connectivity index (χ3v) is 5.55. The van der Waals surface area contributed by atoms with Gasteiger partial charge in [-0.15, -0.1) is 0 Å². The minimum Gasteiger partial charge on any atom is -0.352 e. The van der Waals surface area contributed by atoms with Crippen LogP contribution >= 0.6 is 0 Å². The van der Waals surface area contributed by atoms with Crippen LogP contribution in [0.5, 0.6) is 0 Å². The number of piperidine rings is 1. The molecule has 6 nitrogen and oxygen atoms in total. The number of rotatable bonds is 7. The Kier molecular flexibility index (Phi) is 6.87. The molecule has 1 saturated carbocycles. The lowest BCUT2D eigenvalue weighted by atomic mass is 9.88. The summed E-state index contributed by atoms with van der Waals surface area (Å²) in [6.07, 6.45) is 3.78. The zero-order valence-corrected chi connectivity index (χ0v) is 17.1. The van der Waals surface area contributed by atoms with Crippen LogP contribution in [0.4, 0.5) is 4.39 Å². The molecule has 3 rings (SSSR count). The van der Waals surface area contributed by atoms with E-state index in [9.17, 15) is 18.8 Å². The lowest BCUT2D eigenvalue weighted by molar-refractivity contribution is -0.133. The first-order valence-electron chi connectivity index (χ1n) is 10.5. The molecule has 1 aliphatic heterocycles. The van der Waals surface area contributed by atoms with Gasteiger partial charge in [-0.3, -0.25) is 14.4 Å². The predicted molar refractivity (Wildman–Crippen MR) is 108 cm³/mol. The first-order valence-corrected chi connectivity index (χ1v) is 10.5. The highest BCUT2D eigenvalue weighted by atomic mass is 19.1. The summed E-state index contributed by atoms with van der Waals surface area (Å²) >= 11 is 0. The van der Waals surface area contributed by atoms with Crippen LogP contribution in [0.3, 0.4) is 0 Å². The van der Waals surface area contributed by atoms with Gasteiger partial charge in [0.15, 0.2) is 0 Å². The number of nitrogens with zero attached hydrogens (tertiary/aromatic N) is 1. The fourth-order valence-corrected chi connectivity index (χ4v) is 3.70. The fourth-order valence-electron chi connectivity index (χ4n) is 3.70. The zero-order chi connectivity index (χ0) is 21.0. The minimum absolute atomic E-state index is 0.0405. The summed E-state index contributed by atoms with van der Waals surface area (Å²) in [7, 11) is 0. The lowest BCUT2D eigenvalue weighted by Gasteiger charge is -2.36. The molecule has 1 heterocycles. The summed E-state index contributed by atoms with van der Waals surface area (Å²) in [6.45, 7) is 5.23. The molecule has 1 aliphatic carbocycles. The number of amides is 3. The average molecular weight is 403 g/mol. The van der Waals surface area contributed by atoms with Gasteiger partial charge in [0.05, 0.1) is 0 Å². The maximum absolute atomic E-state index is 13.1. The summed E-state index contributed by atoms with van der Waals surface area (Å²) in [5, 5.41) is 5.84. The van der Waals surface area contributed by atoms with Crippen molar-refractivity contribution < 1.29 is 18.8 Å². The third-order valence-electron chi connectivity index (χ3n) is 5.55. The lowest BCUT2D eigenvalue weighted by Crippen LogP contribution is -2.54. The smallest absolute Gasteiger partial charge is 0.251 e. The van der Waals surface area contributed by atoms with Gasteiger partial charge in [-0.1, -0.05) is 13.8 Å².